The number of fused-ring (bicyclic) bond motifs is 1. The minimum absolute atomic E-state index is 0.0586. The molecule has 10 heteroatoms. The summed E-state index contributed by atoms with van der Waals surface area (Å²) >= 11 is 0. The van der Waals surface area contributed by atoms with Gasteiger partial charge in [0.15, 0.2) is 0 Å². The highest BCUT2D eigenvalue weighted by Gasteiger charge is 2.52. The van der Waals surface area contributed by atoms with E-state index in [4.69, 9.17) is 4.42 Å². The van der Waals surface area contributed by atoms with Crippen LogP contribution in [0.15, 0.2) is 34.7 Å². The van der Waals surface area contributed by atoms with Gasteiger partial charge in [-0.15, -0.1) is 4.41 Å². The SMILES string of the molecule is CC(C)CN(NC(=O)C(CC(C)C)(c1cc2ccccc2o1)[C@H](C)C(=O)NO)S(C)(=O)=O. The topological polar surface area (TPSA) is 129 Å². The second kappa shape index (κ2) is 10.0. The van der Waals surface area contributed by atoms with Gasteiger partial charge in [0.25, 0.3) is 0 Å². The number of benzene rings is 1. The van der Waals surface area contributed by atoms with E-state index in [0.29, 0.717) is 5.58 Å². The van der Waals surface area contributed by atoms with Gasteiger partial charge >= 0.3 is 0 Å². The van der Waals surface area contributed by atoms with Crippen molar-refractivity contribution >= 4 is 32.8 Å². The van der Waals surface area contributed by atoms with Crippen LogP contribution < -0.4 is 10.9 Å². The van der Waals surface area contributed by atoms with Gasteiger partial charge in [-0.25, -0.2) is 13.9 Å². The minimum Gasteiger partial charge on any atom is -0.460 e. The molecule has 1 heterocycles. The van der Waals surface area contributed by atoms with E-state index in [-0.39, 0.29) is 30.6 Å². The smallest absolute Gasteiger partial charge is 0.249 e. The van der Waals surface area contributed by atoms with Gasteiger partial charge < -0.3 is 4.42 Å². The average Bonchev–Trinajstić information content (AvgIpc) is 3.13. The molecule has 1 aromatic carbocycles. The highest BCUT2D eigenvalue weighted by atomic mass is 32.2. The average molecular weight is 468 g/mol. The first-order chi connectivity index (χ1) is 14.8. The van der Waals surface area contributed by atoms with Gasteiger partial charge in [0.2, 0.25) is 21.8 Å². The predicted octanol–water partition coefficient (Wildman–Crippen LogP) is 2.81. The molecular weight excluding hydrogens is 434 g/mol. The normalized spacial score (nSPS) is 15.2. The molecule has 32 heavy (non-hydrogen) atoms. The number of hydrogen-bond acceptors (Lipinski definition) is 6. The monoisotopic (exact) mass is 467 g/mol. The molecule has 0 aliphatic heterocycles. The third-order valence-corrected chi connectivity index (χ3v) is 6.44. The maximum atomic E-state index is 13.8. The van der Waals surface area contributed by atoms with Crippen molar-refractivity contribution in [3.05, 3.63) is 36.1 Å². The molecule has 3 N–H and O–H groups in total. The molecule has 0 aliphatic carbocycles. The molecule has 2 rings (SSSR count). The Kier molecular flexibility index (Phi) is 8.08. The van der Waals surface area contributed by atoms with E-state index in [1.165, 1.54) is 6.92 Å². The van der Waals surface area contributed by atoms with Crippen LogP contribution in [0, 0.1) is 17.8 Å². The molecule has 0 radical (unpaired) electrons. The number of nitrogens with zero attached hydrogens (tertiary/aromatic N) is 1. The number of hydrazine groups is 1. The number of furan rings is 1. The molecule has 0 aliphatic rings. The van der Waals surface area contributed by atoms with Crippen LogP contribution in [0.2, 0.25) is 0 Å². The number of carbonyl (C=O) groups is 2. The summed E-state index contributed by atoms with van der Waals surface area (Å²) in [5, 5.41) is 10.1. The van der Waals surface area contributed by atoms with E-state index in [9.17, 15) is 23.2 Å². The van der Waals surface area contributed by atoms with Crippen molar-refractivity contribution in [3.8, 4) is 0 Å². The predicted molar refractivity (Wildman–Crippen MR) is 121 cm³/mol. The van der Waals surface area contributed by atoms with Crippen LogP contribution in [-0.2, 0) is 25.0 Å². The number of sulfonamides is 1. The molecular formula is C22H33N3O6S. The van der Waals surface area contributed by atoms with Crippen molar-refractivity contribution in [2.45, 2.75) is 46.5 Å². The number of rotatable bonds is 10. The van der Waals surface area contributed by atoms with Crippen LogP contribution in [0.5, 0.6) is 0 Å². The molecule has 2 atom stereocenters. The molecule has 0 bridgehead atoms. The van der Waals surface area contributed by atoms with Crippen molar-refractivity contribution in [1.29, 1.82) is 0 Å². The first kappa shape index (κ1) is 25.8. The lowest BCUT2D eigenvalue weighted by Crippen LogP contribution is -2.58. The number of carbonyl (C=O) groups excluding carboxylic acids is 2. The van der Waals surface area contributed by atoms with E-state index < -0.39 is 33.2 Å². The molecule has 2 aromatic rings. The van der Waals surface area contributed by atoms with Crippen molar-refractivity contribution in [2.75, 3.05) is 12.8 Å². The number of para-hydroxylation sites is 1. The molecule has 1 aromatic heterocycles. The molecule has 0 saturated heterocycles. The van der Waals surface area contributed by atoms with Crippen LogP contribution in [0.4, 0.5) is 0 Å². The molecule has 2 amide bonds. The third-order valence-electron chi connectivity index (χ3n) is 5.40. The van der Waals surface area contributed by atoms with Gasteiger partial charge in [-0.2, -0.15) is 0 Å². The Hall–Kier alpha value is -2.43. The number of amides is 2. The maximum absolute atomic E-state index is 13.8. The Balaban J connectivity index is 2.71. The van der Waals surface area contributed by atoms with Gasteiger partial charge in [-0.1, -0.05) is 52.8 Å². The van der Waals surface area contributed by atoms with Crippen LogP contribution >= 0.6 is 0 Å². The maximum Gasteiger partial charge on any atom is 0.249 e. The quantitative estimate of drug-likeness (QED) is 0.364. The van der Waals surface area contributed by atoms with Crippen molar-refractivity contribution in [3.63, 3.8) is 0 Å². The molecule has 0 fully saturated rings. The van der Waals surface area contributed by atoms with Gasteiger partial charge in [-0.3, -0.25) is 20.2 Å². The van der Waals surface area contributed by atoms with Crippen LogP contribution in [-0.4, -0.2) is 42.7 Å². The van der Waals surface area contributed by atoms with Crippen molar-refractivity contribution in [2.24, 2.45) is 17.8 Å². The zero-order chi connectivity index (χ0) is 24.3. The summed E-state index contributed by atoms with van der Waals surface area (Å²) in [6.07, 6.45) is 1.18. The molecule has 9 nitrogen and oxygen atoms in total. The molecule has 178 valence electrons. The number of hydrogen-bond donors (Lipinski definition) is 3. The lowest BCUT2D eigenvalue weighted by molar-refractivity contribution is -0.144. The van der Waals surface area contributed by atoms with Gasteiger partial charge in [0.1, 0.15) is 16.8 Å². The second-order valence-corrected chi connectivity index (χ2v) is 11.0. The van der Waals surface area contributed by atoms with E-state index in [2.05, 4.69) is 5.43 Å². The summed E-state index contributed by atoms with van der Waals surface area (Å²) in [6.45, 7) is 8.99. The third kappa shape index (κ3) is 5.48. The number of hydroxylamine groups is 1. The standard InChI is InChI=1S/C22H33N3O6S/c1-14(2)12-22(16(5)20(26)24-28,19-11-17-9-7-8-10-18(17)31-19)21(27)23-25(13-15(3)4)32(6,29)30/h7-11,14-16,28H,12-13H2,1-6H3,(H,23,27)(H,24,26)/t16-,22?/m1/s1. The summed E-state index contributed by atoms with van der Waals surface area (Å²) in [7, 11) is -3.78. The fourth-order valence-corrected chi connectivity index (χ4v) is 4.68. The molecule has 0 saturated carbocycles. The van der Waals surface area contributed by atoms with E-state index in [0.717, 1.165) is 16.1 Å². The Bertz CT molecular complexity index is 1030. The summed E-state index contributed by atoms with van der Waals surface area (Å²) in [5.41, 5.74) is 3.09. The zero-order valence-corrected chi connectivity index (χ0v) is 20.2. The van der Waals surface area contributed by atoms with E-state index >= 15 is 0 Å². The van der Waals surface area contributed by atoms with Crippen LogP contribution in [0.1, 0.15) is 46.8 Å². The molecule has 1 unspecified atom stereocenters. The Morgan fingerprint density at radius 1 is 1.12 bits per heavy atom. The Morgan fingerprint density at radius 2 is 1.75 bits per heavy atom. The molecule has 0 spiro atoms. The summed E-state index contributed by atoms with van der Waals surface area (Å²) in [4.78, 5) is 26.4. The van der Waals surface area contributed by atoms with E-state index in [1.807, 2.05) is 39.8 Å². The minimum atomic E-state index is -3.78. The van der Waals surface area contributed by atoms with Crippen molar-refractivity contribution < 1.29 is 27.6 Å². The van der Waals surface area contributed by atoms with Crippen molar-refractivity contribution in [1.82, 2.24) is 15.3 Å². The summed E-state index contributed by atoms with van der Waals surface area (Å²) < 4.78 is 31.6. The van der Waals surface area contributed by atoms with E-state index in [1.54, 1.807) is 23.7 Å². The lowest BCUT2D eigenvalue weighted by Gasteiger charge is -2.37. The second-order valence-electron chi connectivity index (χ2n) is 9.04. The van der Waals surface area contributed by atoms with Gasteiger partial charge in [0.05, 0.1) is 12.2 Å². The first-order valence-electron chi connectivity index (χ1n) is 10.5. The van der Waals surface area contributed by atoms with Gasteiger partial charge in [-0.05, 0) is 30.4 Å². The highest BCUT2D eigenvalue weighted by molar-refractivity contribution is 7.88. The zero-order valence-electron chi connectivity index (χ0n) is 19.4. The number of nitrogens with one attached hydrogen (secondary N) is 2. The first-order valence-corrected chi connectivity index (χ1v) is 12.4. The lowest BCUT2D eigenvalue weighted by atomic mass is 9.68. The summed E-state index contributed by atoms with van der Waals surface area (Å²) in [5.74, 6) is -2.47. The largest absolute Gasteiger partial charge is 0.460 e. The Labute approximate surface area is 189 Å². The van der Waals surface area contributed by atoms with Crippen LogP contribution in [0.3, 0.4) is 0 Å². The summed E-state index contributed by atoms with van der Waals surface area (Å²) in [6, 6.07) is 8.86. The van der Waals surface area contributed by atoms with Gasteiger partial charge in [0, 0.05) is 11.9 Å². The van der Waals surface area contributed by atoms with Crippen LogP contribution in [0.25, 0.3) is 11.0 Å². The fourth-order valence-electron chi connectivity index (χ4n) is 3.87. The Morgan fingerprint density at radius 3 is 2.25 bits per heavy atom. The highest BCUT2D eigenvalue weighted by Crippen LogP contribution is 2.42. The fraction of sp³-hybridized carbons (Fsp3) is 0.545.